The fourth-order valence-corrected chi connectivity index (χ4v) is 2.74. The first-order valence-electron chi connectivity index (χ1n) is 7.59. The van der Waals surface area contributed by atoms with Crippen molar-refractivity contribution in [2.75, 3.05) is 0 Å². The van der Waals surface area contributed by atoms with Crippen molar-refractivity contribution < 1.29 is 13.6 Å². The van der Waals surface area contributed by atoms with Crippen LogP contribution >= 0.6 is 0 Å². The number of alkyl halides is 2. The molecule has 1 N–H and O–H groups in total. The van der Waals surface area contributed by atoms with E-state index in [1.54, 1.807) is 29.4 Å². The second-order valence-electron chi connectivity index (χ2n) is 5.96. The van der Waals surface area contributed by atoms with Crippen molar-refractivity contribution in [1.82, 2.24) is 19.9 Å². The average Bonchev–Trinajstić information content (AvgIpc) is 3.03. The van der Waals surface area contributed by atoms with E-state index in [2.05, 4.69) is 15.3 Å². The molecule has 0 aromatic carbocycles. The molecule has 0 spiro atoms. The largest absolute Gasteiger partial charge is 0.348 e. The number of aryl methyl sites for hydroxylation is 1. The maximum atomic E-state index is 13.2. The third-order valence-electron chi connectivity index (χ3n) is 4.01. The number of hydrogen-bond donors (Lipinski definition) is 1. The number of hydrogen-bond acceptors (Lipinski definition) is 3. The lowest BCUT2D eigenvalue weighted by atomic mass is 9.92. The molecule has 7 heteroatoms. The highest BCUT2D eigenvalue weighted by Crippen LogP contribution is 2.33. The van der Waals surface area contributed by atoms with Crippen molar-refractivity contribution in [3.8, 4) is 5.82 Å². The molecule has 23 heavy (non-hydrogen) atoms. The number of imidazole rings is 1. The van der Waals surface area contributed by atoms with Gasteiger partial charge in [-0.3, -0.25) is 9.36 Å². The van der Waals surface area contributed by atoms with E-state index in [4.69, 9.17) is 0 Å². The van der Waals surface area contributed by atoms with E-state index < -0.39 is 5.92 Å². The summed E-state index contributed by atoms with van der Waals surface area (Å²) in [5.74, 6) is -2.33. The average molecular weight is 320 g/mol. The van der Waals surface area contributed by atoms with Crippen LogP contribution in [0.1, 0.15) is 41.7 Å². The van der Waals surface area contributed by atoms with Crippen molar-refractivity contribution in [3.05, 3.63) is 42.1 Å². The van der Waals surface area contributed by atoms with Gasteiger partial charge in [-0.25, -0.2) is 18.7 Å². The first-order valence-corrected chi connectivity index (χ1v) is 7.59. The first-order chi connectivity index (χ1) is 10.9. The molecule has 1 fully saturated rings. The summed E-state index contributed by atoms with van der Waals surface area (Å²) in [4.78, 5) is 20.7. The van der Waals surface area contributed by atoms with Crippen molar-refractivity contribution in [2.45, 2.75) is 44.6 Å². The number of amides is 1. The van der Waals surface area contributed by atoms with E-state index in [-0.39, 0.29) is 30.5 Å². The van der Waals surface area contributed by atoms with E-state index in [1.807, 2.05) is 13.0 Å². The topological polar surface area (TPSA) is 59.8 Å². The van der Waals surface area contributed by atoms with Gasteiger partial charge in [-0.15, -0.1) is 0 Å². The molecular weight excluding hydrogens is 302 g/mol. The number of pyridine rings is 1. The number of rotatable bonds is 3. The highest BCUT2D eigenvalue weighted by Gasteiger charge is 2.35. The molecule has 0 bridgehead atoms. The molecule has 1 aliphatic rings. The molecule has 3 rings (SSSR count). The van der Waals surface area contributed by atoms with Gasteiger partial charge in [0.15, 0.2) is 0 Å². The molecule has 0 unspecified atom stereocenters. The molecule has 2 aromatic heterocycles. The van der Waals surface area contributed by atoms with Crippen LogP contribution in [0.3, 0.4) is 0 Å². The molecule has 0 radical (unpaired) electrons. The number of carbonyl (C=O) groups excluding carboxylic acids is 1. The molecule has 0 atom stereocenters. The second-order valence-corrected chi connectivity index (χ2v) is 5.96. The Morgan fingerprint density at radius 2 is 2.09 bits per heavy atom. The van der Waals surface area contributed by atoms with Crippen LogP contribution in [0.2, 0.25) is 0 Å². The minimum absolute atomic E-state index is 0.181. The fourth-order valence-electron chi connectivity index (χ4n) is 2.74. The summed E-state index contributed by atoms with van der Waals surface area (Å²) in [6.07, 6.45) is 5.20. The minimum Gasteiger partial charge on any atom is -0.348 e. The lowest BCUT2D eigenvalue weighted by Crippen LogP contribution is -2.40. The van der Waals surface area contributed by atoms with Crippen molar-refractivity contribution >= 4 is 5.91 Å². The van der Waals surface area contributed by atoms with Crippen molar-refractivity contribution in [1.29, 1.82) is 0 Å². The molecule has 0 saturated heterocycles. The number of halogens is 2. The predicted molar refractivity (Wildman–Crippen MR) is 80.8 cm³/mol. The normalized spacial score (nSPS) is 17.9. The Balaban J connectivity index is 1.73. The Morgan fingerprint density at radius 3 is 2.74 bits per heavy atom. The molecule has 2 aromatic rings. The summed E-state index contributed by atoms with van der Waals surface area (Å²) in [5, 5.41) is 2.81. The van der Waals surface area contributed by atoms with Crippen LogP contribution in [0.5, 0.6) is 0 Å². The standard InChI is InChI=1S/C16H18F2N4O/c1-11-8-13(21-14(9-11)22-7-6-19-10-22)15(23)20-12-2-4-16(17,18)5-3-12/h6-10,12H,2-5H2,1H3,(H,20,23). The number of carbonyl (C=O) groups is 1. The highest BCUT2D eigenvalue weighted by molar-refractivity contribution is 5.92. The zero-order chi connectivity index (χ0) is 16.4. The maximum absolute atomic E-state index is 13.2. The van der Waals surface area contributed by atoms with Crippen LogP contribution in [0, 0.1) is 6.92 Å². The number of aromatic nitrogens is 3. The molecule has 2 heterocycles. The van der Waals surface area contributed by atoms with Gasteiger partial charge in [0.2, 0.25) is 5.92 Å². The Morgan fingerprint density at radius 1 is 1.35 bits per heavy atom. The van der Waals surface area contributed by atoms with Gasteiger partial charge >= 0.3 is 0 Å². The highest BCUT2D eigenvalue weighted by atomic mass is 19.3. The van der Waals surface area contributed by atoms with Crippen LogP contribution in [0.4, 0.5) is 8.78 Å². The van der Waals surface area contributed by atoms with E-state index >= 15 is 0 Å². The van der Waals surface area contributed by atoms with Gasteiger partial charge in [0, 0.05) is 31.3 Å². The molecule has 0 aliphatic heterocycles. The van der Waals surface area contributed by atoms with Crippen LogP contribution in [0.15, 0.2) is 30.9 Å². The van der Waals surface area contributed by atoms with Gasteiger partial charge in [0.05, 0.1) is 0 Å². The maximum Gasteiger partial charge on any atom is 0.270 e. The summed E-state index contributed by atoms with van der Waals surface area (Å²) >= 11 is 0. The second kappa shape index (κ2) is 6.06. The third-order valence-corrected chi connectivity index (χ3v) is 4.01. The summed E-state index contributed by atoms with van der Waals surface area (Å²) in [6, 6.07) is 3.31. The molecule has 122 valence electrons. The van der Waals surface area contributed by atoms with Gasteiger partial charge < -0.3 is 5.32 Å². The Kier molecular flexibility index (Phi) is 4.11. The lowest BCUT2D eigenvalue weighted by Gasteiger charge is -2.28. The summed E-state index contributed by atoms with van der Waals surface area (Å²) in [7, 11) is 0. The Bertz CT molecular complexity index is 690. The fraction of sp³-hybridized carbons (Fsp3) is 0.438. The van der Waals surface area contributed by atoms with Crippen LogP contribution in [-0.2, 0) is 0 Å². The Labute approximate surface area is 132 Å². The number of nitrogens with one attached hydrogen (secondary N) is 1. The summed E-state index contributed by atoms with van der Waals surface area (Å²) in [5.41, 5.74) is 1.18. The molecule has 1 aliphatic carbocycles. The summed E-state index contributed by atoms with van der Waals surface area (Å²) < 4.78 is 28.0. The molecule has 1 amide bonds. The molecule has 5 nitrogen and oxygen atoms in total. The molecule has 1 saturated carbocycles. The van der Waals surface area contributed by atoms with Gasteiger partial charge in [0.25, 0.3) is 5.91 Å². The van der Waals surface area contributed by atoms with E-state index in [1.165, 1.54) is 0 Å². The van der Waals surface area contributed by atoms with Gasteiger partial charge in [0.1, 0.15) is 17.8 Å². The summed E-state index contributed by atoms with van der Waals surface area (Å²) in [6.45, 7) is 1.88. The van der Waals surface area contributed by atoms with Crippen LogP contribution < -0.4 is 5.32 Å². The SMILES string of the molecule is Cc1cc(C(=O)NC2CCC(F)(F)CC2)nc(-n2ccnc2)c1. The smallest absolute Gasteiger partial charge is 0.270 e. The van der Waals surface area contributed by atoms with E-state index in [9.17, 15) is 13.6 Å². The van der Waals surface area contributed by atoms with Crippen molar-refractivity contribution in [3.63, 3.8) is 0 Å². The van der Waals surface area contributed by atoms with Gasteiger partial charge in [-0.05, 0) is 37.5 Å². The zero-order valence-electron chi connectivity index (χ0n) is 12.8. The van der Waals surface area contributed by atoms with Crippen molar-refractivity contribution in [2.24, 2.45) is 0 Å². The van der Waals surface area contributed by atoms with Crippen LogP contribution in [-0.4, -0.2) is 32.4 Å². The predicted octanol–water partition coefficient (Wildman–Crippen LogP) is 2.88. The lowest BCUT2D eigenvalue weighted by molar-refractivity contribution is -0.0399. The minimum atomic E-state index is -2.60. The number of nitrogens with zero attached hydrogens (tertiary/aromatic N) is 3. The quantitative estimate of drug-likeness (QED) is 0.946. The van der Waals surface area contributed by atoms with Gasteiger partial charge in [-0.2, -0.15) is 0 Å². The first kappa shape index (κ1) is 15.6. The monoisotopic (exact) mass is 320 g/mol. The van der Waals surface area contributed by atoms with E-state index in [0.29, 0.717) is 18.7 Å². The zero-order valence-corrected chi connectivity index (χ0v) is 12.8. The van der Waals surface area contributed by atoms with Gasteiger partial charge in [-0.1, -0.05) is 0 Å². The Hall–Kier alpha value is -2.31. The van der Waals surface area contributed by atoms with Crippen LogP contribution in [0.25, 0.3) is 5.82 Å². The molecular formula is C16H18F2N4O. The van der Waals surface area contributed by atoms with E-state index in [0.717, 1.165) is 5.56 Å². The third kappa shape index (κ3) is 3.72.